The van der Waals surface area contributed by atoms with Gasteiger partial charge < -0.3 is 0 Å². The van der Waals surface area contributed by atoms with Gasteiger partial charge in [-0.3, -0.25) is 0 Å². The Kier molecular flexibility index (Phi) is 1.76. The Morgan fingerprint density at radius 1 is 1.09 bits per heavy atom. The molecule has 1 aliphatic rings. The second kappa shape index (κ2) is 2.91. The SMILES string of the molecule is [C]1=C(c2ccccc2)CCC1. The summed E-state index contributed by atoms with van der Waals surface area (Å²) in [6.07, 6.45) is 7.03. The van der Waals surface area contributed by atoms with Gasteiger partial charge in [-0.1, -0.05) is 30.3 Å². The van der Waals surface area contributed by atoms with Gasteiger partial charge >= 0.3 is 0 Å². The smallest absolute Gasteiger partial charge is 0.0222 e. The summed E-state index contributed by atoms with van der Waals surface area (Å²) in [4.78, 5) is 0. The molecule has 0 heteroatoms. The van der Waals surface area contributed by atoms with Gasteiger partial charge in [0.05, 0.1) is 0 Å². The molecule has 1 aliphatic carbocycles. The first-order valence-electron chi connectivity index (χ1n) is 4.12. The minimum Gasteiger partial charge on any atom is -0.0622 e. The lowest BCUT2D eigenvalue weighted by atomic mass is 10.1. The fourth-order valence-corrected chi connectivity index (χ4v) is 1.48. The molecule has 55 valence electrons. The van der Waals surface area contributed by atoms with Gasteiger partial charge in [0, 0.05) is 0 Å². The predicted octanol–water partition coefficient (Wildman–Crippen LogP) is 3.06. The summed E-state index contributed by atoms with van der Waals surface area (Å²) in [5.74, 6) is 0. The van der Waals surface area contributed by atoms with E-state index in [-0.39, 0.29) is 0 Å². The highest BCUT2D eigenvalue weighted by Gasteiger charge is 2.05. The zero-order chi connectivity index (χ0) is 7.52. The zero-order valence-corrected chi connectivity index (χ0v) is 6.51. The minimum atomic E-state index is 1.14. The molecule has 0 spiro atoms. The zero-order valence-electron chi connectivity index (χ0n) is 6.51. The molecule has 1 aromatic rings. The van der Waals surface area contributed by atoms with Gasteiger partial charge in [0.1, 0.15) is 0 Å². The van der Waals surface area contributed by atoms with Crippen LogP contribution in [-0.2, 0) is 0 Å². The van der Waals surface area contributed by atoms with E-state index in [4.69, 9.17) is 0 Å². The van der Waals surface area contributed by atoms with Crippen LogP contribution in [0.2, 0.25) is 0 Å². The van der Waals surface area contributed by atoms with E-state index < -0.39 is 0 Å². The quantitative estimate of drug-likeness (QED) is 0.566. The van der Waals surface area contributed by atoms with Crippen molar-refractivity contribution in [2.45, 2.75) is 19.3 Å². The van der Waals surface area contributed by atoms with E-state index in [1.54, 1.807) is 0 Å². The van der Waals surface area contributed by atoms with Crippen LogP contribution in [0.5, 0.6) is 0 Å². The van der Waals surface area contributed by atoms with Crippen molar-refractivity contribution < 1.29 is 0 Å². The fourth-order valence-electron chi connectivity index (χ4n) is 1.48. The van der Waals surface area contributed by atoms with Gasteiger partial charge in [-0.15, -0.1) is 0 Å². The number of benzene rings is 1. The molecule has 2 rings (SSSR count). The molecule has 1 radical (unpaired) electrons. The monoisotopic (exact) mass is 143 g/mol. The topological polar surface area (TPSA) is 0 Å². The highest BCUT2D eigenvalue weighted by atomic mass is 14.1. The molecule has 0 saturated carbocycles. The first-order chi connectivity index (χ1) is 5.47. The first kappa shape index (κ1) is 6.66. The van der Waals surface area contributed by atoms with Crippen molar-refractivity contribution in [1.82, 2.24) is 0 Å². The number of rotatable bonds is 1. The largest absolute Gasteiger partial charge is 0.0622 e. The molecule has 0 nitrogen and oxygen atoms in total. The molecule has 1 aromatic carbocycles. The summed E-state index contributed by atoms with van der Waals surface area (Å²) in [6, 6.07) is 10.5. The Morgan fingerprint density at radius 2 is 1.91 bits per heavy atom. The van der Waals surface area contributed by atoms with Crippen molar-refractivity contribution in [2.24, 2.45) is 0 Å². The van der Waals surface area contributed by atoms with E-state index in [0.717, 1.165) is 6.42 Å². The predicted molar refractivity (Wildman–Crippen MR) is 46.9 cm³/mol. The Balaban J connectivity index is 2.29. The molecule has 0 saturated heterocycles. The summed E-state index contributed by atoms with van der Waals surface area (Å²) in [6.45, 7) is 0. The van der Waals surface area contributed by atoms with Gasteiger partial charge in [0.25, 0.3) is 0 Å². The van der Waals surface area contributed by atoms with E-state index in [1.807, 2.05) is 0 Å². The summed E-state index contributed by atoms with van der Waals surface area (Å²) in [5, 5.41) is 0. The Bertz CT molecular complexity index is 257. The maximum atomic E-state index is 3.39. The van der Waals surface area contributed by atoms with Crippen molar-refractivity contribution in [3.05, 3.63) is 42.0 Å². The summed E-state index contributed by atoms with van der Waals surface area (Å²) >= 11 is 0. The lowest BCUT2D eigenvalue weighted by Crippen LogP contribution is -1.77. The first-order valence-corrected chi connectivity index (χ1v) is 4.12. The maximum absolute atomic E-state index is 3.39. The van der Waals surface area contributed by atoms with Crippen LogP contribution in [0.25, 0.3) is 5.57 Å². The molecular weight excluding hydrogens is 132 g/mol. The molecule has 0 amide bonds. The third-order valence-corrected chi connectivity index (χ3v) is 2.06. The van der Waals surface area contributed by atoms with Gasteiger partial charge in [-0.25, -0.2) is 0 Å². The minimum absolute atomic E-state index is 1.14. The van der Waals surface area contributed by atoms with E-state index in [9.17, 15) is 0 Å². The molecule has 0 heterocycles. The molecule has 0 atom stereocenters. The van der Waals surface area contributed by atoms with Crippen LogP contribution in [0, 0.1) is 6.08 Å². The molecule has 0 unspecified atom stereocenters. The maximum Gasteiger partial charge on any atom is -0.0222 e. The molecule has 0 N–H and O–H groups in total. The van der Waals surface area contributed by atoms with E-state index >= 15 is 0 Å². The van der Waals surface area contributed by atoms with Crippen molar-refractivity contribution in [3.63, 3.8) is 0 Å². The van der Waals surface area contributed by atoms with Gasteiger partial charge in [0.15, 0.2) is 0 Å². The van der Waals surface area contributed by atoms with Crippen LogP contribution >= 0.6 is 0 Å². The highest BCUT2D eigenvalue weighted by Crippen LogP contribution is 2.25. The lowest BCUT2D eigenvalue weighted by Gasteiger charge is -1.98. The van der Waals surface area contributed by atoms with E-state index in [0.29, 0.717) is 0 Å². The molecule has 0 fully saturated rings. The van der Waals surface area contributed by atoms with Gasteiger partial charge in [-0.05, 0) is 36.5 Å². The second-order valence-electron chi connectivity index (χ2n) is 2.87. The number of hydrogen-bond donors (Lipinski definition) is 0. The van der Waals surface area contributed by atoms with Gasteiger partial charge in [0.2, 0.25) is 0 Å². The summed E-state index contributed by atoms with van der Waals surface area (Å²) in [7, 11) is 0. The van der Waals surface area contributed by atoms with Crippen LogP contribution < -0.4 is 0 Å². The van der Waals surface area contributed by atoms with Crippen molar-refractivity contribution in [3.8, 4) is 0 Å². The molecular formula is C11H11. The third-order valence-electron chi connectivity index (χ3n) is 2.06. The number of allylic oxidation sites excluding steroid dienone is 2. The van der Waals surface area contributed by atoms with Crippen LogP contribution in [0.1, 0.15) is 24.8 Å². The average molecular weight is 143 g/mol. The Hall–Kier alpha value is -1.04. The lowest BCUT2D eigenvalue weighted by molar-refractivity contribution is 0.927. The van der Waals surface area contributed by atoms with Crippen LogP contribution in [0.15, 0.2) is 30.3 Å². The Labute approximate surface area is 67.6 Å². The van der Waals surface area contributed by atoms with E-state index in [1.165, 1.54) is 24.0 Å². The summed E-state index contributed by atoms with van der Waals surface area (Å²) in [5.41, 5.74) is 2.76. The van der Waals surface area contributed by atoms with Crippen LogP contribution in [-0.4, -0.2) is 0 Å². The number of hydrogen-bond acceptors (Lipinski definition) is 0. The summed E-state index contributed by atoms with van der Waals surface area (Å²) < 4.78 is 0. The normalized spacial score (nSPS) is 16.5. The molecule has 0 aliphatic heterocycles. The molecule has 0 bridgehead atoms. The third kappa shape index (κ3) is 1.35. The molecule has 11 heavy (non-hydrogen) atoms. The van der Waals surface area contributed by atoms with Gasteiger partial charge in [-0.2, -0.15) is 0 Å². The highest BCUT2D eigenvalue weighted by molar-refractivity contribution is 5.64. The standard InChI is InChI=1S/C11H11/c1-2-6-10(7-3-1)11-8-4-5-9-11/h1-3,6-7H,4-5,8H2. The average Bonchev–Trinajstić information content (AvgIpc) is 2.58. The van der Waals surface area contributed by atoms with Crippen LogP contribution in [0.3, 0.4) is 0 Å². The Morgan fingerprint density at radius 3 is 2.55 bits per heavy atom. The second-order valence-corrected chi connectivity index (χ2v) is 2.87. The fraction of sp³-hybridized carbons (Fsp3) is 0.273. The van der Waals surface area contributed by atoms with Crippen molar-refractivity contribution >= 4 is 5.57 Å². The van der Waals surface area contributed by atoms with E-state index in [2.05, 4.69) is 36.4 Å². The van der Waals surface area contributed by atoms with Crippen LogP contribution in [0.4, 0.5) is 0 Å². The molecule has 0 aromatic heterocycles. The van der Waals surface area contributed by atoms with Crippen molar-refractivity contribution in [2.75, 3.05) is 0 Å². The van der Waals surface area contributed by atoms with Crippen molar-refractivity contribution in [1.29, 1.82) is 0 Å².